The average Bonchev–Trinajstić information content (AvgIpc) is 3.01. The number of hydrogen-bond acceptors (Lipinski definition) is 7. The van der Waals surface area contributed by atoms with E-state index in [1.165, 1.54) is 41.9 Å². The van der Waals surface area contributed by atoms with Crippen LogP contribution < -0.4 is 14.4 Å². The molecule has 3 heterocycles. The lowest BCUT2D eigenvalue weighted by Crippen LogP contribution is -2.52. The summed E-state index contributed by atoms with van der Waals surface area (Å²) in [5, 5.41) is 0. The Bertz CT molecular complexity index is 925. The highest BCUT2D eigenvalue weighted by Crippen LogP contribution is 2.30. The van der Waals surface area contributed by atoms with Gasteiger partial charge in [0.2, 0.25) is 0 Å². The molecule has 172 valence electrons. The molecule has 0 atom stereocenters. The topological polar surface area (TPSA) is 54.0 Å². The van der Waals surface area contributed by atoms with Gasteiger partial charge < -0.3 is 14.4 Å². The molecule has 32 heavy (non-hydrogen) atoms. The molecule has 0 radical (unpaired) electrons. The largest absolute Gasteiger partial charge is 0.497 e. The smallest absolute Gasteiger partial charge is 0.135 e. The molecular weight excluding hydrogens is 402 g/mol. The highest BCUT2D eigenvalue weighted by Gasteiger charge is 2.30. The van der Waals surface area contributed by atoms with Crippen molar-refractivity contribution in [1.29, 1.82) is 0 Å². The fourth-order valence-electron chi connectivity index (χ4n) is 5.26. The van der Waals surface area contributed by atoms with E-state index in [9.17, 15) is 0 Å². The summed E-state index contributed by atoms with van der Waals surface area (Å²) in [5.41, 5.74) is 3.77. The maximum Gasteiger partial charge on any atom is 0.135 e. The van der Waals surface area contributed by atoms with E-state index in [4.69, 9.17) is 14.5 Å². The third-order valence-corrected chi connectivity index (χ3v) is 7.45. The monoisotopic (exact) mass is 437 g/mol. The Balaban J connectivity index is 1.26. The predicted octanol–water partition coefficient (Wildman–Crippen LogP) is 2.77. The number of fused-ring (bicyclic) bond motifs is 1. The first kappa shape index (κ1) is 21.5. The molecule has 1 saturated carbocycles. The van der Waals surface area contributed by atoms with Crippen molar-refractivity contribution < 1.29 is 9.47 Å². The molecular formula is C25H35N5O2. The van der Waals surface area contributed by atoms with Gasteiger partial charge in [-0.05, 0) is 25.3 Å². The van der Waals surface area contributed by atoms with E-state index in [0.29, 0.717) is 0 Å². The predicted molar refractivity (Wildman–Crippen MR) is 126 cm³/mol. The fourth-order valence-corrected chi connectivity index (χ4v) is 5.26. The van der Waals surface area contributed by atoms with E-state index >= 15 is 0 Å². The van der Waals surface area contributed by atoms with Crippen LogP contribution in [-0.4, -0.2) is 79.3 Å². The SMILES string of the molecule is COc1ccc(CN2CCc3ncnc(N4CCN(C5CCC5)CC4)c3CC2)c(OC)c1. The van der Waals surface area contributed by atoms with Crippen molar-refractivity contribution in [2.75, 3.05) is 58.4 Å². The Morgan fingerprint density at radius 2 is 1.75 bits per heavy atom. The molecule has 0 amide bonds. The van der Waals surface area contributed by atoms with E-state index in [-0.39, 0.29) is 0 Å². The quantitative estimate of drug-likeness (QED) is 0.689. The zero-order valence-electron chi connectivity index (χ0n) is 19.4. The van der Waals surface area contributed by atoms with E-state index in [1.807, 2.05) is 12.1 Å². The molecule has 0 bridgehead atoms. The van der Waals surface area contributed by atoms with Gasteiger partial charge in [-0.3, -0.25) is 9.80 Å². The van der Waals surface area contributed by atoms with Crippen LogP contribution in [0.2, 0.25) is 0 Å². The molecule has 1 aromatic carbocycles. The second kappa shape index (κ2) is 9.63. The third-order valence-electron chi connectivity index (χ3n) is 7.45. The average molecular weight is 438 g/mol. The number of nitrogens with zero attached hydrogens (tertiary/aromatic N) is 5. The van der Waals surface area contributed by atoms with Crippen LogP contribution in [0.4, 0.5) is 5.82 Å². The molecule has 2 fully saturated rings. The second-order valence-electron chi connectivity index (χ2n) is 9.18. The number of aromatic nitrogens is 2. The zero-order chi connectivity index (χ0) is 21.9. The summed E-state index contributed by atoms with van der Waals surface area (Å²) in [7, 11) is 3.41. The molecule has 2 aliphatic heterocycles. The molecule has 1 aromatic heterocycles. The molecule has 7 nitrogen and oxygen atoms in total. The van der Waals surface area contributed by atoms with Crippen LogP contribution in [0.25, 0.3) is 0 Å². The summed E-state index contributed by atoms with van der Waals surface area (Å²) in [4.78, 5) is 17.1. The van der Waals surface area contributed by atoms with Gasteiger partial charge in [-0.25, -0.2) is 9.97 Å². The lowest BCUT2D eigenvalue weighted by Gasteiger charge is -2.43. The molecule has 5 rings (SSSR count). The van der Waals surface area contributed by atoms with Crippen molar-refractivity contribution >= 4 is 5.82 Å². The number of piperazine rings is 1. The standard InChI is InChI=1S/C25H35N5O2/c1-31-21-7-6-19(24(16-21)32-2)17-28-10-8-22-23(9-11-28)26-18-27-25(22)30-14-12-29(13-15-30)20-4-3-5-20/h6-7,16,18,20H,3-5,8-15,17H2,1-2H3. The number of hydrogen-bond donors (Lipinski definition) is 0. The Morgan fingerprint density at radius 3 is 2.47 bits per heavy atom. The van der Waals surface area contributed by atoms with E-state index in [1.54, 1.807) is 20.5 Å². The Kier molecular flexibility index (Phi) is 6.46. The van der Waals surface area contributed by atoms with Crippen molar-refractivity contribution in [1.82, 2.24) is 19.8 Å². The molecule has 0 unspecified atom stereocenters. The molecule has 3 aliphatic rings. The number of methoxy groups -OCH3 is 2. The second-order valence-corrected chi connectivity index (χ2v) is 9.18. The Morgan fingerprint density at radius 1 is 0.938 bits per heavy atom. The summed E-state index contributed by atoms with van der Waals surface area (Å²) in [6.07, 6.45) is 7.91. The molecule has 0 spiro atoms. The van der Waals surface area contributed by atoms with Gasteiger partial charge in [0.05, 0.1) is 19.9 Å². The van der Waals surface area contributed by atoms with Crippen LogP contribution in [-0.2, 0) is 19.4 Å². The molecule has 7 heteroatoms. The number of benzene rings is 1. The summed E-state index contributed by atoms with van der Waals surface area (Å²) < 4.78 is 11.0. The third kappa shape index (κ3) is 4.41. The van der Waals surface area contributed by atoms with Crippen molar-refractivity contribution in [3.8, 4) is 11.5 Å². The van der Waals surface area contributed by atoms with Gasteiger partial charge in [0.25, 0.3) is 0 Å². The normalized spacial score (nSPS) is 20.4. The van der Waals surface area contributed by atoms with Crippen LogP contribution in [0, 0.1) is 0 Å². The minimum absolute atomic E-state index is 0.825. The lowest BCUT2D eigenvalue weighted by molar-refractivity contribution is 0.120. The first-order chi connectivity index (χ1) is 15.7. The summed E-state index contributed by atoms with van der Waals surface area (Å²) in [6, 6.07) is 6.93. The van der Waals surface area contributed by atoms with Crippen molar-refractivity contribution in [3.63, 3.8) is 0 Å². The molecule has 1 saturated heterocycles. The van der Waals surface area contributed by atoms with E-state index in [0.717, 1.165) is 76.2 Å². The van der Waals surface area contributed by atoms with Gasteiger partial charge in [0.15, 0.2) is 0 Å². The van der Waals surface area contributed by atoms with Crippen LogP contribution >= 0.6 is 0 Å². The first-order valence-corrected chi connectivity index (χ1v) is 12.0. The van der Waals surface area contributed by atoms with Crippen LogP contribution in [0.3, 0.4) is 0 Å². The minimum Gasteiger partial charge on any atom is -0.497 e. The maximum absolute atomic E-state index is 5.62. The summed E-state index contributed by atoms with van der Waals surface area (Å²) >= 11 is 0. The highest BCUT2D eigenvalue weighted by atomic mass is 16.5. The molecule has 0 N–H and O–H groups in total. The molecule has 1 aliphatic carbocycles. The van der Waals surface area contributed by atoms with Gasteiger partial charge >= 0.3 is 0 Å². The van der Waals surface area contributed by atoms with Crippen LogP contribution in [0.1, 0.15) is 36.1 Å². The van der Waals surface area contributed by atoms with E-state index < -0.39 is 0 Å². The molecule has 2 aromatic rings. The van der Waals surface area contributed by atoms with Gasteiger partial charge in [-0.2, -0.15) is 0 Å². The van der Waals surface area contributed by atoms with Gasteiger partial charge in [-0.1, -0.05) is 12.5 Å². The van der Waals surface area contributed by atoms with Gasteiger partial charge in [0, 0.05) is 75.5 Å². The lowest BCUT2D eigenvalue weighted by atomic mass is 9.91. The van der Waals surface area contributed by atoms with Crippen molar-refractivity contribution in [3.05, 3.63) is 41.3 Å². The summed E-state index contributed by atoms with van der Waals surface area (Å²) in [6.45, 7) is 7.34. The first-order valence-electron chi connectivity index (χ1n) is 12.0. The van der Waals surface area contributed by atoms with Crippen LogP contribution in [0.5, 0.6) is 11.5 Å². The van der Waals surface area contributed by atoms with E-state index in [2.05, 4.69) is 25.8 Å². The Hall–Kier alpha value is -2.38. The van der Waals surface area contributed by atoms with Gasteiger partial charge in [0.1, 0.15) is 23.6 Å². The Labute approximate surface area is 191 Å². The minimum atomic E-state index is 0.825. The fraction of sp³-hybridized carbons (Fsp3) is 0.600. The highest BCUT2D eigenvalue weighted by molar-refractivity contribution is 5.50. The van der Waals surface area contributed by atoms with Crippen molar-refractivity contribution in [2.24, 2.45) is 0 Å². The maximum atomic E-state index is 5.62. The van der Waals surface area contributed by atoms with Crippen LogP contribution in [0.15, 0.2) is 24.5 Å². The van der Waals surface area contributed by atoms with Gasteiger partial charge in [-0.15, -0.1) is 0 Å². The summed E-state index contributed by atoms with van der Waals surface area (Å²) in [5.74, 6) is 2.88. The van der Waals surface area contributed by atoms with Crippen molar-refractivity contribution in [2.45, 2.75) is 44.7 Å². The number of ether oxygens (including phenoxy) is 2. The number of rotatable bonds is 6. The number of anilines is 1. The zero-order valence-corrected chi connectivity index (χ0v) is 19.4.